The lowest BCUT2D eigenvalue weighted by molar-refractivity contribution is 0.0939. The normalized spacial score (nSPS) is 12.4. The standard InChI is InChI=1S/C12H15N3O2/c1-9(6-11-4-3-5-17-11)14-12(16)10-7-13-15(2)8-10/h3-5,7-9H,6H2,1-2H3,(H,14,16)/t9-/m0/s1. The first-order chi connectivity index (χ1) is 8.15. The molecule has 0 fully saturated rings. The molecule has 2 aromatic heterocycles. The number of nitrogens with zero attached hydrogens (tertiary/aromatic N) is 2. The van der Waals surface area contributed by atoms with Crippen LogP contribution >= 0.6 is 0 Å². The molecule has 0 unspecified atom stereocenters. The zero-order chi connectivity index (χ0) is 12.3. The zero-order valence-electron chi connectivity index (χ0n) is 9.88. The van der Waals surface area contributed by atoms with Crippen LogP contribution in [0.25, 0.3) is 0 Å². The van der Waals surface area contributed by atoms with E-state index in [1.54, 1.807) is 30.4 Å². The first-order valence-electron chi connectivity index (χ1n) is 5.47. The van der Waals surface area contributed by atoms with Gasteiger partial charge >= 0.3 is 0 Å². The van der Waals surface area contributed by atoms with Crippen LogP contribution in [0, 0.1) is 0 Å². The summed E-state index contributed by atoms with van der Waals surface area (Å²) in [5.74, 6) is 0.751. The third kappa shape index (κ3) is 2.96. The third-order valence-corrected chi connectivity index (χ3v) is 2.43. The van der Waals surface area contributed by atoms with Crippen LogP contribution in [-0.4, -0.2) is 21.7 Å². The number of hydrogen-bond donors (Lipinski definition) is 1. The van der Waals surface area contributed by atoms with Gasteiger partial charge in [0.25, 0.3) is 5.91 Å². The summed E-state index contributed by atoms with van der Waals surface area (Å²) in [5, 5.41) is 6.85. The van der Waals surface area contributed by atoms with E-state index < -0.39 is 0 Å². The molecule has 2 aromatic rings. The number of nitrogens with one attached hydrogen (secondary N) is 1. The Bertz CT molecular complexity index is 488. The molecule has 2 rings (SSSR count). The summed E-state index contributed by atoms with van der Waals surface area (Å²) < 4.78 is 6.83. The molecule has 0 saturated heterocycles. The van der Waals surface area contributed by atoms with Crippen molar-refractivity contribution in [3.05, 3.63) is 42.1 Å². The van der Waals surface area contributed by atoms with Gasteiger partial charge in [0, 0.05) is 25.7 Å². The molecule has 0 aliphatic heterocycles. The number of carbonyl (C=O) groups excluding carboxylic acids is 1. The van der Waals surface area contributed by atoms with Gasteiger partial charge in [-0.1, -0.05) is 0 Å². The topological polar surface area (TPSA) is 60.1 Å². The first-order valence-corrected chi connectivity index (χ1v) is 5.47. The highest BCUT2D eigenvalue weighted by Gasteiger charge is 2.12. The summed E-state index contributed by atoms with van der Waals surface area (Å²) in [4.78, 5) is 11.8. The average Bonchev–Trinajstić information content (AvgIpc) is 2.89. The Hall–Kier alpha value is -2.04. The zero-order valence-corrected chi connectivity index (χ0v) is 9.88. The minimum Gasteiger partial charge on any atom is -0.469 e. The fourth-order valence-corrected chi connectivity index (χ4v) is 1.63. The quantitative estimate of drug-likeness (QED) is 0.867. The Morgan fingerprint density at radius 3 is 3.06 bits per heavy atom. The largest absolute Gasteiger partial charge is 0.469 e. The molecular weight excluding hydrogens is 218 g/mol. The predicted octanol–water partition coefficient (Wildman–Crippen LogP) is 1.37. The van der Waals surface area contributed by atoms with Crippen molar-refractivity contribution >= 4 is 5.91 Å². The van der Waals surface area contributed by atoms with Gasteiger partial charge in [-0.2, -0.15) is 5.10 Å². The van der Waals surface area contributed by atoms with Gasteiger partial charge in [0.2, 0.25) is 0 Å². The van der Waals surface area contributed by atoms with Crippen LogP contribution in [0.4, 0.5) is 0 Å². The lowest BCUT2D eigenvalue weighted by atomic mass is 10.2. The first kappa shape index (κ1) is 11.4. The number of hydrogen-bond acceptors (Lipinski definition) is 3. The van der Waals surface area contributed by atoms with E-state index in [0.29, 0.717) is 12.0 Å². The molecular formula is C12H15N3O2. The molecule has 0 aliphatic carbocycles. The predicted molar refractivity (Wildman–Crippen MR) is 62.5 cm³/mol. The van der Waals surface area contributed by atoms with Gasteiger partial charge in [-0.05, 0) is 19.1 Å². The summed E-state index contributed by atoms with van der Waals surface area (Å²) in [6.45, 7) is 1.94. The molecule has 0 spiro atoms. The van der Waals surface area contributed by atoms with Crippen LogP contribution in [0.3, 0.4) is 0 Å². The molecule has 0 saturated carbocycles. The fourth-order valence-electron chi connectivity index (χ4n) is 1.63. The van der Waals surface area contributed by atoms with Crippen molar-refractivity contribution in [2.75, 3.05) is 0 Å². The molecule has 1 atom stereocenters. The SMILES string of the molecule is C[C@@H](Cc1ccco1)NC(=O)c1cnn(C)c1. The van der Waals surface area contributed by atoms with Crippen molar-refractivity contribution in [2.24, 2.45) is 7.05 Å². The van der Waals surface area contributed by atoms with E-state index in [1.807, 2.05) is 19.1 Å². The van der Waals surface area contributed by atoms with E-state index in [4.69, 9.17) is 4.42 Å². The smallest absolute Gasteiger partial charge is 0.254 e. The molecule has 17 heavy (non-hydrogen) atoms. The maximum atomic E-state index is 11.8. The van der Waals surface area contributed by atoms with Crippen molar-refractivity contribution in [2.45, 2.75) is 19.4 Å². The van der Waals surface area contributed by atoms with Crippen molar-refractivity contribution in [3.8, 4) is 0 Å². The van der Waals surface area contributed by atoms with Crippen LogP contribution in [0.5, 0.6) is 0 Å². The van der Waals surface area contributed by atoms with E-state index >= 15 is 0 Å². The van der Waals surface area contributed by atoms with E-state index in [9.17, 15) is 4.79 Å². The molecule has 5 nitrogen and oxygen atoms in total. The molecule has 2 heterocycles. The molecule has 0 radical (unpaired) electrons. The number of carbonyl (C=O) groups is 1. The minimum absolute atomic E-state index is 0.0221. The molecule has 1 amide bonds. The number of aromatic nitrogens is 2. The average molecular weight is 233 g/mol. The van der Waals surface area contributed by atoms with Crippen LogP contribution in [0.1, 0.15) is 23.0 Å². The Labute approximate surface area is 99.4 Å². The van der Waals surface area contributed by atoms with Gasteiger partial charge in [-0.15, -0.1) is 0 Å². The second kappa shape index (κ2) is 4.86. The van der Waals surface area contributed by atoms with Crippen molar-refractivity contribution in [1.29, 1.82) is 0 Å². The summed E-state index contributed by atoms with van der Waals surface area (Å²) in [6.07, 6.45) is 5.55. The van der Waals surface area contributed by atoms with Crippen LogP contribution < -0.4 is 5.32 Å². The Kier molecular flexibility index (Phi) is 3.27. The number of aryl methyl sites for hydroxylation is 1. The molecule has 1 N–H and O–H groups in total. The number of rotatable bonds is 4. The highest BCUT2D eigenvalue weighted by Crippen LogP contribution is 2.05. The molecule has 5 heteroatoms. The van der Waals surface area contributed by atoms with Gasteiger partial charge < -0.3 is 9.73 Å². The third-order valence-electron chi connectivity index (χ3n) is 2.43. The molecule has 0 aliphatic rings. The van der Waals surface area contributed by atoms with Crippen LogP contribution in [0.15, 0.2) is 35.2 Å². The summed E-state index contributed by atoms with van der Waals surface area (Å²) in [6, 6.07) is 3.76. The molecule has 0 aromatic carbocycles. The van der Waals surface area contributed by atoms with Crippen molar-refractivity contribution in [3.63, 3.8) is 0 Å². The van der Waals surface area contributed by atoms with Crippen LogP contribution in [0.2, 0.25) is 0 Å². The van der Waals surface area contributed by atoms with Crippen molar-refractivity contribution in [1.82, 2.24) is 15.1 Å². The lowest BCUT2D eigenvalue weighted by Gasteiger charge is -2.11. The monoisotopic (exact) mass is 233 g/mol. The van der Waals surface area contributed by atoms with Crippen molar-refractivity contribution < 1.29 is 9.21 Å². The highest BCUT2D eigenvalue weighted by molar-refractivity contribution is 5.93. The highest BCUT2D eigenvalue weighted by atomic mass is 16.3. The number of furan rings is 1. The maximum Gasteiger partial charge on any atom is 0.254 e. The summed E-state index contributed by atoms with van der Waals surface area (Å²) >= 11 is 0. The lowest BCUT2D eigenvalue weighted by Crippen LogP contribution is -2.33. The second-order valence-corrected chi connectivity index (χ2v) is 4.06. The van der Waals surface area contributed by atoms with E-state index in [0.717, 1.165) is 5.76 Å². The summed E-state index contributed by atoms with van der Waals surface area (Å²) in [7, 11) is 1.78. The van der Waals surface area contributed by atoms with Gasteiger partial charge in [0.1, 0.15) is 5.76 Å². The van der Waals surface area contributed by atoms with Gasteiger partial charge in [0.05, 0.1) is 18.0 Å². The van der Waals surface area contributed by atoms with E-state index in [2.05, 4.69) is 10.4 Å². The maximum absolute atomic E-state index is 11.8. The second-order valence-electron chi connectivity index (χ2n) is 4.06. The Balaban J connectivity index is 1.90. The summed E-state index contributed by atoms with van der Waals surface area (Å²) in [5.41, 5.74) is 0.568. The minimum atomic E-state index is -0.114. The molecule has 0 bridgehead atoms. The molecule has 90 valence electrons. The van der Waals surface area contributed by atoms with Gasteiger partial charge in [-0.25, -0.2) is 0 Å². The Morgan fingerprint density at radius 1 is 1.65 bits per heavy atom. The van der Waals surface area contributed by atoms with Gasteiger partial charge in [0.15, 0.2) is 0 Å². The fraction of sp³-hybridized carbons (Fsp3) is 0.333. The van der Waals surface area contributed by atoms with Gasteiger partial charge in [-0.3, -0.25) is 9.48 Å². The van der Waals surface area contributed by atoms with E-state index in [1.165, 1.54) is 0 Å². The van der Waals surface area contributed by atoms with E-state index in [-0.39, 0.29) is 11.9 Å². The van der Waals surface area contributed by atoms with Crippen LogP contribution in [-0.2, 0) is 13.5 Å². The Morgan fingerprint density at radius 2 is 2.47 bits per heavy atom. The number of amides is 1.